The summed E-state index contributed by atoms with van der Waals surface area (Å²) in [5.74, 6) is -3.30. The maximum Gasteiger partial charge on any atom is 0.333 e. The molecule has 0 saturated heterocycles. The van der Waals surface area contributed by atoms with E-state index < -0.39 is 35.2 Å². The van der Waals surface area contributed by atoms with Crippen molar-refractivity contribution in [3.05, 3.63) is 80.4 Å². The van der Waals surface area contributed by atoms with Gasteiger partial charge in [0.05, 0.1) is 13.1 Å². The van der Waals surface area contributed by atoms with Gasteiger partial charge in [0.1, 0.15) is 23.4 Å². The Morgan fingerprint density at radius 1 is 1.03 bits per heavy atom. The van der Waals surface area contributed by atoms with E-state index in [0.717, 1.165) is 9.13 Å². The number of nitrogens with zero attached hydrogens (tertiary/aromatic N) is 7. The second kappa shape index (κ2) is 7.58. The van der Waals surface area contributed by atoms with Gasteiger partial charge in [-0.25, -0.2) is 27.9 Å². The highest BCUT2D eigenvalue weighted by molar-refractivity contribution is 5.74. The van der Waals surface area contributed by atoms with Crippen LogP contribution in [0.3, 0.4) is 0 Å². The van der Waals surface area contributed by atoms with Crippen molar-refractivity contribution < 1.29 is 13.2 Å². The molecule has 0 aliphatic carbocycles. The number of aromatic amines is 2. The van der Waals surface area contributed by atoms with Crippen LogP contribution in [0, 0.1) is 17.5 Å². The first-order chi connectivity index (χ1) is 15.8. The Bertz CT molecular complexity index is 1610. The molecule has 4 heterocycles. The first-order valence-electron chi connectivity index (χ1n) is 9.53. The van der Waals surface area contributed by atoms with Crippen LogP contribution in [-0.2, 0) is 20.1 Å². The number of hydrogen-bond donors (Lipinski definition) is 2. The number of imidazole rings is 1. The van der Waals surface area contributed by atoms with Gasteiger partial charge in [-0.05, 0) is 12.1 Å². The quantitative estimate of drug-likeness (QED) is 0.377. The number of nitrogens with one attached hydrogen (secondary N) is 2. The lowest BCUT2D eigenvalue weighted by Gasteiger charge is -2.11. The Kier molecular flexibility index (Phi) is 4.69. The van der Waals surface area contributed by atoms with Crippen molar-refractivity contribution in [2.75, 3.05) is 0 Å². The number of hydrogen-bond acceptors (Lipinski definition) is 6. The SMILES string of the molecule is Cn1cnc(Cn2c(=O)c3[nH]c(-c4ccn[nH]4)nc3n(Cc3cc(F)c(F)cc3F)c2=O)n1. The van der Waals surface area contributed by atoms with Gasteiger partial charge in [0.25, 0.3) is 5.56 Å². The number of benzene rings is 1. The molecule has 4 aromatic heterocycles. The zero-order chi connectivity index (χ0) is 23.3. The zero-order valence-corrected chi connectivity index (χ0v) is 16.9. The van der Waals surface area contributed by atoms with Crippen molar-refractivity contribution in [3.63, 3.8) is 0 Å². The number of fused-ring (bicyclic) bond motifs is 1. The minimum absolute atomic E-state index is 0.0573. The third kappa shape index (κ3) is 3.50. The van der Waals surface area contributed by atoms with E-state index in [-0.39, 0.29) is 34.9 Å². The van der Waals surface area contributed by atoms with E-state index in [1.165, 1.54) is 17.2 Å². The summed E-state index contributed by atoms with van der Waals surface area (Å²) in [6.45, 7) is -0.783. The minimum atomic E-state index is -1.36. The topological polar surface area (TPSA) is 132 Å². The second-order valence-corrected chi connectivity index (χ2v) is 7.21. The molecule has 0 spiro atoms. The van der Waals surface area contributed by atoms with Gasteiger partial charge in [-0.15, -0.1) is 0 Å². The fourth-order valence-corrected chi connectivity index (χ4v) is 3.42. The number of aromatic nitrogens is 9. The Morgan fingerprint density at radius 3 is 2.52 bits per heavy atom. The Balaban J connectivity index is 1.74. The molecule has 168 valence electrons. The zero-order valence-electron chi connectivity index (χ0n) is 16.9. The molecule has 0 saturated carbocycles. The predicted molar refractivity (Wildman–Crippen MR) is 108 cm³/mol. The normalized spacial score (nSPS) is 11.5. The summed E-state index contributed by atoms with van der Waals surface area (Å²) in [5, 5.41) is 10.6. The summed E-state index contributed by atoms with van der Waals surface area (Å²) in [6, 6.07) is 2.63. The first kappa shape index (κ1) is 20.4. The van der Waals surface area contributed by atoms with Crippen LogP contribution in [0.4, 0.5) is 13.2 Å². The molecule has 0 radical (unpaired) electrons. The van der Waals surface area contributed by atoms with Gasteiger partial charge in [0, 0.05) is 24.9 Å². The van der Waals surface area contributed by atoms with Gasteiger partial charge in [0.2, 0.25) is 0 Å². The van der Waals surface area contributed by atoms with Crippen molar-refractivity contribution in [2.24, 2.45) is 7.05 Å². The number of H-pyrrole nitrogens is 2. The summed E-state index contributed by atoms with van der Waals surface area (Å²) < 4.78 is 44.7. The largest absolute Gasteiger partial charge is 0.333 e. The molecule has 0 bridgehead atoms. The van der Waals surface area contributed by atoms with Gasteiger partial charge >= 0.3 is 5.69 Å². The van der Waals surface area contributed by atoms with E-state index in [4.69, 9.17) is 0 Å². The molecule has 5 rings (SSSR count). The van der Waals surface area contributed by atoms with Gasteiger partial charge in [-0.2, -0.15) is 10.2 Å². The average molecular weight is 457 g/mol. The fourth-order valence-electron chi connectivity index (χ4n) is 3.42. The molecule has 0 unspecified atom stereocenters. The lowest BCUT2D eigenvalue weighted by molar-refractivity contribution is 0.487. The highest BCUT2D eigenvalue weighted by Gasteiger charge is 2.21. The van der Waals surface area contributed by atoms with Crippen molar-refractivity contribution in [2.45, 2.75) is 13.1 Å². The standard InChI is InChI=1S/C19H14F3N9O2/c1-29-8-23-14(28-29)7-31-18(32)15-17(26-16(25-15)13-2-3-24-27-13)30(19(31)33)6-9-4-11(21)12(22)5-10(9)20/h2-5,8H,6-7H2,1H3,(H,24,27)(H,25,26). The maximum absolute atomic E-state index is 14.4. The Morgan fingerprint density at radius 2 is 1.82 bits per heavy atom. The third-order valence-corrected chi connectivity index (χ3v) is 4.98. The van der Waals surface area contributed by atoms with Crippen LogP contribution in [0.15, 0.2) is 40.3 Å². The smallest absolute Gasteiger partial charge is 0.331 e. The molecule has 33 heavy (non-hydrogen) atoms. The molecule has 0 fully saturated rings. The van der Waals surface area contributed by atoms with E-state index in [1.54, 1.807) is 13.1 Å². The molecule has 0 amide bonds. The molecular weight excluding hydrogens is 443 g/mol. The highest BCUT2D eigenvalue weighted by atomic mass is 19.2. The molecule has 11 nitrogen and oxygen atoms in total. The molecular formula is C19H14F3N9O2. The molecule has 0 aliphatic heterocycles. The number of halogens is 3. The van der Waals surface area contributed by atoms with Crippen LogP contribution >= 0.6 is 0 Å². The van der Waals surface area contributed by atoms with E-state index in [1.807, 2.05) is 0 Å². The van der Waals surface area contributed by atoms with E-state index in [0.29, 0.717) is 17.8 Å². The molecule has 2 N–H and O–H groups in total. The van der Waals surface area contributed by atoms with Crippen molar-refractivity contribution in [1.29, 1.82) is 0 Å². The van der Waals surface area contributed by atoms with E-state index in [2.05, 4.69) is 30.2 Å². The second-order valence-electron chi connectivity index (χ2n) is 7.21. The molecule has 0 aliphatic rings. The third-order valence-electron chi connectivity index (χ3n) is 4.98. The van der Waals surface area contributed by atoms with Crippen molar-refractivity contribution >= 4 is 11.2 Å². The average Bonchev–Trinajstić information content (AvgIpc) is 3.52. The first-order valence-corrected chi connectivity index (χ1v) is 9.53. The van der Waals surface area contributed by atoms with Crippen LogP contribution < -0.4 is 11.2 Å². The Labute approximate surface area is 181 Å². The van der Waals surface area contributed by atoms with Crippen LogP contribution in [0.2, 0.25) is 0 Å². The van der Waals surface area contributed by atoms with Gasteiger partial charge in [-0.1, -0.05) is 0 Å². The molecule has 14 heteroatoms. The van der Waals surface area contributed by atoms with Crippen molar-refractivity contribution in [3.8, 4) is 11.5 Å². The molecule has 0 atom stereocenters. The minimum Gasteiger partial charge on any atom is -0.331 e. The van der Waals surface area contributed by atoms with Gasteiger partial charge < -0.3 is 4.98 Å². The lowest BCUT2D eigenvalue weighted by Crippen LogP contribution is -2.41. The van der Waals surface area contributed by atoms with E-state index in [9.17, 15) is 22.8 Å². The summed E-state index contributed by atoms with van der Waals surface area (Å²) in [7, 11) is 1.62. The highest BCUT2D eigenvalue weighted by Crippen LogP contribution is 2.18. The summed E-state index contributed by atoms with van der Waals surface area (Å²) in [4.78, 5) is 37.5. The van der Waals surface area contributed by atoms with Crippen LogP contribution in [0.5, 0.6) is 0 Å². The maximum atomic E-state index is 14.4. The Hall–Kier alpha value is -4.49. The van der Waals surface area contributed by atoms with Crippen molar-refractivity contribution in [1.82, 2.24) is 44.1 Å². The number of aryl methyl sites for hydroxylation is 1. The number of rotatable bonds is 5. The fraction of sp³-hybridized carbons (Fsp3) is 0.158. The van der Waals surface area contributed by atoms with Crippen LogP contribution in [-0.4, -0.2) is 44.1 Å². The summed E-state index contributed by atoms with van der Waals surface area (Å²) in [6.07, 6.45) is 2.87. The van der Waals surface area contributed by atoms with Crippen LogP contribution in [0.25, 0.3) is 22.7 Å². The summed E-state index contributed by atoms with van der Waals surface area (Å²) in [5.41, 5.74) is -1.58. The molecule has 5 aromatic rings. The monoisotopic (exact) mass is 457 g/mol. The van der Waals surface area contributed by atoms with Gasteiger partial charge in [0.15, 0.2) is 28.9 Å². The van der Waals surface area contributed by atoms with E-state index >= 15 is 0 Å². The molecule has 1 aromatic carbocycles. The lowest BCUT2D eigenvalue weighted by atomic mass is 10.2. The van der Waals surface area contributed by atoms with Gasteiger partial charge in [-0.3, -0.25) is 23.7 Å². The van der Waals surface area contributed by atoms with Crippen LogP contribution in [0.1, 0.15) is 11.4 Å². The predicted octanol–water partition coefficient (Wildman–Crippen LogP) is 0.919. The summed E-state index contributed by atoms with van der Waals surface area (Å²) >= 11 is 0.